The smallest absolute Gasteiger partial charge is 0.300 e. The largest absolute Gasteiger partial charge is 0.481 e. The summed E-state index contributed by atoms with van der Waals surface area (Å²) in [6.45, 7) is 9.49. The number of hydrogen-bond donors (Lipinski definition) is 3. The van der Waals surface area contributed by atoms with Crippen LogP contribution in [-0.4, -0.2) is 33.2 Å². The zero-order valence-electron chi connectivity index (χ0n) is 15.3. The molecule has 25 heavy (non-hydrogen) atoms. The Kier molecular flexibility index (Phi) is 39.8. The van der Waals surface area contributed by atoms with Crippen LogP contribution in [0.1, 0.15) is 54.0 Å². The van der Waals surface area contributed by atoms with Gasteiger partial charge in [0.1, 0.15) is 0 Å². The van der Waals surface area contributed by atoms with Crippen molar-refractivity contribution in [3.63, 3.8) is 0 Å². The molecule has 0 radical (unpaired) electrons. The molecule has 1 aromatic carbocycles. The molecule has 0 amide bonds. The van der Waals surface area contributed by atoms with Gasteiger partial charge in [0.25, 0.3) is 17.9 Å². The molecule has 0 bridgehead atoms. The highest BCUT2D eigenvalue weighted by atomic mass is 16.4. The predicted octanol–water partition coefficient (Wildman–Crippen LogP) is 4.88. The van der Waals surface area contributed by atoms with Crippen LogP contribution in [0.3, 0.4) is 0 Å². The monoisotopic (exact) mass is 358 g/mol. The summed E-state index contributed by atoms with van der Waals surface area (Å²) < 4.78 is 0. The standard InChI is InChI=1S/C7H8.C5H10.3C2H4O2.CH4/c1-7-5-3-2-4-6-7;1-3-5-4-2;3*1-2(3)4;/h2-6H,1H3;3,5H,4H2,1-2H3;3*1H3,(H,3,4);1H4. The Labute approximate surface area is 151 Å². The highest BCUT2D eigenvalue weighted by molar-refractivity contribution is 5.63. The Morgan fingerprint density at radius 2 is 1.16 bits per heavy atom. The molecule has 0 atom stereocenters. The van der Waals surface area contributed by atoms with E-state index in [0.717, 1.165) is 27.2 Å². The average Bonchev–Trinajstić information content (AvgIpc) is 2.39. The molecule has 1 aromatic rings. The first-order chi connectivity index (χ1) is 11.0. The fraction of sp³-hybridized carbons (Fsp3) is 0.421. The molecule has 0 saturated carbocycles. The van der Waals surface area contributed by atoms with Gasteiger partial charge in [0.2, 0.25) is 0 Å². The quantitative estimate of drug-likeness (QED) is 0.617. The summed E-state index contributed by atoms with van der Waals surface area (Å²) in [5, 5.41) is 22.2. The van der Waals surface area contributed by atoms with Crippen molar-refractivity contribution >= 4 is 17.9 Å². The molecular weight excluding hydrogens is 324 g/mol. The summed E-state index contributed by atoms with van der Waals surface area (Å²) in [6, 6.07) is 10.3. The van der Waals surface area contributed by atoms with E-state index >= 15 is 0 Å². The first kappa shape index (κ1) is 33.9. The van der Waals surface area contributed by atoms with Crippen LogP contribution in [-0.2, 0) is 14.4 Å². The van der Waals surface area contributed by atoms with Crippen LogP contribution >= 0.6 is 0 Å². The van der Waals surface area contributed by atoms with Crippen molar-refractivity contribution < 1.29 is 29.7 Å². The van der Waals surface area contributed by atoms with Gasteiger partial charge in [-0.3, -0.25) is 14.4 Å². The minimum atomic E-state index is -0.833. The lowest BCUT2D eigenvalue weighted by atomic mass is 10.2. The second-order valence-corrected chi connectivity index (χ2v) is 4.19. The summed E-state index contributed by atoms with van der Waals surface area (Å²) in [7, 11) is 0. The molecule has 6 nitrogen and oxygen atoms in total. The number of carboxylic acids is 3. The predicted molar refractivity (Wildman–Crippen MR) is 103 cm³/mol. The van der Waals surface area contributed by atoms with Gasteiger partial charge in [0.15, 0.2) is 0 Å². The van der Waals surface area contributed by atoms with Gasteiger partial charge in [-0.05, 0) is 20.3 Å². The summed E-state index contributed by atoms with van der Waals surface area (Å²) in [5.41, 5.74) is 1.32. The van der Waals surface area contributed by atoms with Crippen LogP contribution < -0.4 is 0 Å². The molecule has 6 heteroatoms. The highest BCUT2D eigenvalue weighted by Gasteiger charge is 1.72. The first-order valence-corrected chi connectivity index (χ1v) is 7.22. The van der Waals surface area contributed by atoms with Crippen LogP contribution in [0, 0.1) is 6.92 Å². The number of aliphatic carboxylic acids is 3. The summed E-state index contributed by atoms with van der Waals surface area (Å²) in [6.07, 6.45) is 5.34. The van der Waals surface area contributed by atoms with Crippen molar-refractivity contribution in [3.8, 4) is 0 Å². The third-order valence-corrected chi connectivity index (χ3v) is 1.41. The van der Waals surface area contributed by atoms with E-state index in [1.807, 2.05) is 25.1 Å². The van der Waals surface area contributed by atoms with Crippen molar-refractivity contribution in [1.29, 1.82) is 0 Å². The number of carbonyl (C=O) groups is 3. The van der Waals surface area contributed by atoms with Crippen molar-refractivity contribution in [2.75, 3.05) is 0 Å². The second-order valence-electron chi connectivity index (χ2n) is 4.19. The van der Waals surface area contributed by atoms with Gasteiger partial charge < -0.3 is 15.3 Å². The molecule has 0 aliphatic carbocycles. The minimum Gasteiger partial charge on any atom is -0.481 e. The maximum absolute atomic E-state index is 9.00. The topological polar surface area (TPSA) is 112 Å². The van der Waals surface area contributed by atoms with E-state index < -0.39 is 17.9 Å². The molecule has 3 N–H and O–H groups in total. The number of benzene rings is 1. The number of allylic oxidation sites excluding steroid dienone is 2. The fourth-order valence-corrected chi connectivity index (χ4v) is 0.770. The molecule has 0 aliphatic rings. The molecule has 0 saturated heterocycles. The number of aryl methyl sites for hydroxylation is 1. The zero-order valence-corrected chi connectivity index (χ0v) is 15.3. The van der Waals surface area contributed by atoms with E-state index in [-0.39, 0.29) is 7.43 Å². The number of hydrogen-bond acceptors (Lipinski definition) is 3. The van der Waals surface area contributed by atoms with Crippen LogP contribution in [0.5, 0.6) is 0 Å². The number of rotatable bonds is 1. The Hall–Kier alpha value is -2.63. The Balaban J connectivity index is -0.0000000678. The van der Waals surface area contributed by atoms with Crippen LogP contribution in [0.25, 0.3) is 0 Å². The Morgan fingerprint density at radius 3 is 1.24 bits per heavy atom. The molecule has 0 spiro atoms. The van der Waals surface area contributed by atoms with E-state index in [1.54, 1.807) is 0 Å². The van der Waals surface area contributed by atoms with E-state index in [0.29, 0.717) is 0 Å². The molecule has 0 fully saturated rings. The molecule has 146 valence electrons. The summed E-state index contributed by atoms with van der Waals surface area (Å²) in [4.78, 5) is 27.0. The average molecular weight is 358 g/mol. The van der Waals surface area contributed by atoms with Crippen LogP contribution in [0.2, 0.25) is 0 Å². The van der Waals surface area contributed by atoms with Gasteiger partial charge in [-0.1, -0.05) is 62.4 Å². The van der Waals surface area contributed by atoms with E-state index in [2.05, 4.69) is 38.1 Å². The zero-order chi connectivity index (χ0) is 20.0. The van der Waals surface area contributed by atoms with Crippen molar-refractivity contribution in [1.82, 2.24) is 0 Å². The van der Waals surface area contributed by atoms with Gasteiger partial charge in [-0.2, -0.15) is 0 Å². The van der Waals surface area contributed by atoms with Crippen molar-refractivity contribution in [2.24, 2.45) is 0 Å². The van der Waals surface area contributed by atoms with E-state index in [4.69, 9.17) is 29.7 Å². The van der Waals surface area contributed by atoms with Crippen LogP contribution in [0.15, 0.2) is 42.5 Å². The molecule has 0 unspecified atom stereocenters. The molecule has 0 aliphatic heterocycles. The Morgan fingerprint density at radius 1 is 0.880 bits per heavy atom. The van der Waals surface area contributed by atoms with Crippen molar-refractivity contribution in [2.45, 2.75) is 55.4 Å². The fourth-order valence-electron chi connectivity index (χ4n) is 0.770. The lowest BCUT2D eigenvalue weighted by molar-refractivity contribution is -0.135. The van der Waals surface area contributed by atoms with Crippen molar-refractivity contribution in [3.05, 3.63) is 48.0 Å². The van der Waals surface area contributed by atoms with Gasteiger partial charge >= 0.3 is 0 Å². The molecule has 1 rings (SSSR count). The van der Waals surface area contributed by atoms with Gasteiger partial charge in [0.05, 0.1) is 0 Å². The normalized spacial score (nSPS) is 7.44. The molecule has 0 heterocycles. The Bertz CT molecular complexity index is 398. The number of carboxylic acid groups (broad SMARTS) is 3. The summed E-state index contributed by atoms with van der Waals surface area (Å²) >= 11 is 0. The van der Waals surface area contributed by atoms with Gasteiger partial charge in [-0.15, -0.1) is 0 Å². The van der Waals surface area contributed by atoms with E-state index in [9.17, 15) is 0 Å². The van der Waals surface area contributed by atoms with Gasteiger partial charge in [0, 0.05) is 20.8 Å². The molecule has 0 aromatic heterocycles. The lowest BCUT2D eigenvalue weighted by Crippen LogP contribution is -1.78. The second kappa shape index (κ2) is 29.4. The maximum atomic E-state index is 9.00. The lowest BCUT2D eigenvalue weighted by Gasteiger charge is -1.82. The minimum absolute atomic E-state index is 0. The highest BCUT2D eigenvalue weighted by Crippen LogP contribution is 1.92. The summed E-state index contributed by atoms with van der Waals surface area (Å²) in [5.74, 6) is -2.50. The third kappa shape index (κ3) is 148. The third-order valence-electron chi connectivity index (χ3n) is 1.41. The van der Waals surface area contributed by atoms with Crippen LogP contribution in [0.4, 0.5) is 0 Å². The maximum Gasteiger partial charge on any atom is 0.300 e. The van der Waals surface area contributed by atoms with E-state index in [1.165, 1.54) is 5.56 Å². The van der Waals surface area contributed by atoms with Gasteiger partial charge in [-0.25, -0.2) is 0 Å². The SMILES string of the molecule is C.CC(=O)O.CC(=O)O.CC(=O)O.CC=CCC.Cc1ccccc1. The first-order valence-electron chi connectivity index (χ1n) is 7.22. The molecular formula is C19H34O6.